The number of rotatable bonds is 5. The standard InChI is InChI=1S/C12H21N5O/c1-4-10-13-11(15-14-10)8-16(2)6-9-5-12(18)17(3)7-9/h9H,4-8H2,1-3H3,(H,13,14,15)/t9-/m1/s1. The molecule has 0 saturated carbocycles. The van der Waals surface area contributed by atoms with Crippen LogP contribution in [0.2, 0.25) is 0 Å². The van der Waals surface area contributed by atoms with E-state index in [4.69, 9.17) is 0 Å². The molecule has 1 fully saturated rings. The van der Waals surface area contributed by atoms with E-state index in [1.54, 1.807) is 0 Å². The number of hydrogen-bond acceptors (Lipinski definition) is 4. The number of aryl methyl sites for hydroxylation is 1. The third-order valence-corrected chi connectivity index (χ3v) is 3.30. The van der Waals surface area contributed by atoms with Crippen LogP contribution in [0.15, 0.2) is 0 Å². The SMILES string of the molecule is CCc1n[nH]c(CN(C)C[C@H]2CC(=O)N(C)C2)n1. The highest BCUT2D eigenvalue weighted by molar-refractivity contribution is 5.78. The zero-order valence-electron chi connectivity index (χ0n) is 11.3. The Hall–Kier alpha value is -1.43. The van der Waals surface area contributed by atoms with Gasteiger partial charge in [-0.1, -0.05) is 6.92 Å². The molecule has 100 valence electrons. The number of nitrogens with one attached hydrogen (secondary N) is 1. The summed E-state index contributed by atoms with van der Waals surface area (Å²) in [5.74, 6) is 2.43. The Morgan fingerprint density at radius 3 is 2.89 bits per heavy atom. The van der Waals surface area contributed by atoms with Gasteiger partial charge in [0.2, 0.25) is 5.91 Å². The van der Waals surface area contributed by atoms with Crippen LogP contribution in [0, 0.1) is 5.92 Å². The Labute approximate surface area is 107 Å². The number of aromatic nitrogens is 3. The number of carbonyl (C=O) groups is 1. The molecule has 2 rings (SSSR count). The lowest BCUT2D eigenvalue weighted by Gasteiger charge is -2.19. The van der Waals surface area contributed by atoms with Crippen LogP contribution in [0.25, 0.3) is 0 Å². The number of H-pyrrole nitrogens is 1. The molecule has 0 aromatic carbocycles. The summed E-state index contributed by atoms with van der Waals surface area (Å²) >= 11 is 0. The van der Waals surface area contributed by atoms with Gasteiger partial charge in [0.1, 0.15) is 11.6 Å². The molecule has 1 atom stereocenters. The van der Waals surface area contributed by atoms with E-state index in [1.807, 2.05) is 18.9 Å². The molecule has 0 aliphatic carbocycles. The third-order valence-electron chi connectivity index (χ3n) is 3.30. The Kier molecular flexibility index (Phi) is 3.96. The average Bonchev–Trinajstić information content (AvgIpc) is 2.87. The zero-order chi connectivity index (χ0) is 13.1. The predicted molar refractivity (Wildman–Crippen MR) is 67.8 cm³/mol. The number of hydrogen-bond donors (Lipinski definition) is 1. The zero-order valence-corrected chi connectivity index (χ0v) is 11.3. The maximum Gasteiger partial charge on any atom is 0.222 e. The van der Waals surface area contributed by atoms with Crippen molar-refractivity contribution in [1.82, 2.24) is 25.0 Å². The summed E-state index contributed by atoms with van der Waals surface area (Å²) in [6.07, 6.45) is 1.51. The van der Waals surface area contributed by atoms with Crippen molar-refractivity contribution in [2.45, 2.75) is 26.3 Å². The van der Waals surface area contributed by atoms with Gasteiger partial charge in [0.15, 0.2) is 0 Å². The lowest BCUT2D eigenvalue weighted by atomic mass is 10.1. The van der Waals surface area contributed by atoms with E-state index in [0.29, 0.717) is 12.3 Å². The van der Waals surface area contributed by atoms with Crippen molar-refractivity contribution in [1.29, 1.82) is 0 Å². The summed E-state index contributed by atoms with van der Waals surface area (Å²) in [5, 5.41) is 7.07. The van der Waals surface area contributed by atoms with Crippen LogP contribution in [0.1, 0.15) is 25.0 Å². The molecule has 1 aromatic rings. The first-order valence-corrected chi connectivity index (χ1v) is 6.41. The van der Waals surface area contributed by atoms with Gasteiger partial charge < -0.3 is 4.90 Å². The molecule has 1 aromatic heterocycles. The quantitative estimate of drug-likeness (QED) is 0.816. The van der Waals surface area contributed by atoms with Crippen molar-refractivity contribution in [2.24, 2.45) is 5.92 Å². The van der Waals surface area contributed by atoms with Crippen molar-refractivity contribution in [3.8, 4) is 0 Å². The third kappa shape index (κ3) is 3.07. The second-order valence-corrected chi connectivity index (χ2v) is 5.09. The van der Waals surface area contributed by atoms with Gasteiger partial charge in [-0.2, -0.15) is 5.10 Å². The first-order chi connectivity index (χ1) is 8.58. The van der Waals surface area contributed by atoms with Crippen LogP contribution < -0.4 is 0 Å². The molecule has 6 nitrogen and oxygen atoms in total. The number of likely N-dealkylation sites (tertiary alicyclic amines) is 1. The van der Waals surface area contributed by atoms with Crippen LogP contribution in [0.4, 0.5) is 0 Å². The molecule has 6 heteroatoms. The molecule has 2 heterocycles. The van der Waals surface area contributed by atoms with Crippen LogP contribution in [-0.4, -0.2) is 58.1 Å². The van der Waals surface area contributed by atoms with Gasteiger partial charge in [0.05, 0.1) is 6.54 Å². The smallest absolute Gasteiger partial charge is 0.222 e. The van der Waals surface area contributed by atoms with Crippen LogP contribution in [0.5, 0.6) is 0 Å². The minimum atomic E-state index is 0.251. The molecule has 0 unspecified atom stereocenters. The van der Waals surface area contributed by atoms with E-state index >= 15 is 0 Å². The van der Waals surface area contributed by atoms with Crippen molar-refractivity contribution in [2.75, 3.05) is 27.2 Å². The van der Waals surface area contributed by atoms with E-state index < -0.39 is 0 Å². The Morgan fingerprint density at radius 1 is 1.56 bits per heavy atom. The summed E-state index contributed by atoms with van der Waals surface area (Å²) < 4.78 is 0. The lowest BCUT2D eigenvalue weighted by Crippen LogP contribution is -2.27. The molecule has 1 aliphatic heterocycles. The Balaban J connectivity index is 1.81. The van der Waals surface area contributed by atoms with Gasteiger partial charge in [-0.3, -0.25) is 14.8 Å². The molecular weight excluding hydrogens is 230 g/mol. The monoisotopic (exact) mass is 251 g/mol. The molecule has 0 radical (unpaired) electrons. The first kappa shape index (κ1) is 13.0. The van der Waals surface area contributed by atoms with Crippen LogP contribution in [0.3, 0.4) is 0 Å². The molecular formula is C12H21N5O. The lowest BCUT2D eigenvalue weighted by molar-refractivity contribution is -0.126. The number of nitrogens with zero attached hydrogens (tertiary/aromatic N) is 4. The molecule has 1 saturated heterocycles. The molecule has 18 heavy (non-hydrogen) atoms. The second-order valence-electron chi connectivity index (χ2n) is 5.09. The number of amides is 1. The van der Waals surface area contributed by atoms with Crippen molar-refractivity contribution >= 4 is 5.91 Å². The second kappa shape index (κ2) is 5.48. The van der Waals surface area contributed by atoms with Gasteiger partial charge in [-0.15, -0.1) is 0 Å². The molecule has 1 aliphatic rings. The molecule has 1 amide bonds. The Bertz CT molecular complexity index is 416. The average molecular weight is 251 g/mol. The van der Waals surface area contributed by atoms with Gasteiger partial charge in [-0.05, 0) is 13.0 Å². The van der Waals surface area contributed by atoms with E-state index in [-0.39, 0.29) is 5.91 Å². The summed E-state index contributed by atoms with van der Waals surface area (Å²) in [7, 11) is 3.92. The van der Waals surface area contributed by atoms with Crippen LogP contribution in [-0.2, 0) is 17.8 Å². The summed E-state index contributed by atoms with van der Waals surface area (Å²) in [6, 6.07) is 0. The summed E-state index contributed by atoms with van der Waals surface area (Å²) in [4.78, 5) is 19.8. The maximum atomic E-state index is 11.4. The molecule has 0 bridgehead atoms. The van der Waals surface area contributed by atoms with E-state index in [1.165, 1.54) is 0 Å². The fourth-order valence-electron chi connectivity index (χ4n) is 2.40. The fraction of sp³-hybridized carbons (Fsp3) is 0.750. The highest BCUT2D eigenvalue weighted by Gasteiger charge is 2.27. The first-order valence-electron chi connectivity index (χ1n) is 6.41. The normalized spacial score (nSPS) is 20.1. The minimum Gasteiger partial charge on any atom is -0.345 e. The topological polar surface area (TPSA) is 65.1 Å². The van der Waals surface area contributed by atoms with Crippen LogP contribution >= 0.6 is 0 Å². The van der Waals surface area contributed by atoms with Gasteiger partial charge >= 0.3 is 0 Å². The van der Waals surface area contributed by atoms with Gasteiger partial charge in [0, 0.05) is 33.0 Å². The number of carbonyl (C=O) groups excluding carboxylic acids is 1. The van der Waals surface area contributed by atoms with Crippen molar-refractivity contribution in [3.63, 3.8) is 0 Å². The van der Waals surface area contributed by atoms with E-state index in [0.717, 1.165) is 37.7 Å². The number of aromatic amines is 1. The minimum absolute atomic E-state index is 0.251. The highest BCUT2D eigenvalue weighted by Crippen LogP contribution is 2.17. The van der Waals surface area contributed by atoms with Gasteiger partial charge in [-0.25, -0.2) is 4.98 Å². The molecule has 1 N–H and O–H groups in total. The van der Waals surface area contributed by atoms with Crippen molar-refractivity contribution in [3.05, 3.63) is 11.6 Å². The predicted octanol–water partition coefficient (Wildman–Crippen LogP) is 0.277. The van der Waals surface area contributed by atoms with Gasteiger partial charge in [0.25, 0.3) is 0 Å². The summed E-state index contributed by atoms with van der Waals surface area (Å²) in [6.45, 7) is 4.57. The van der Waals surface area contributed by atoms with E-state index in [2.05, 4.69) is 27.1 Å². The van der Waals surface area contributed by atoms with E-state index in [9.17, 15) is 4.79 Å². The van der Waals surface area contributed by atoms with Crippen molar-refractivity contribution < 1.29 is 4.79 Å². The highest BCUT2D eigenvalue weighted by atomic mass is 16.2. The maximum absolute atomic E-state index is 11.4. The fourth-order valence-corrected chi connectivity index (χ4v) is 2.40. The Morgan fingerprint density at radius 2 is 2.33 bits per heavy atom. The summed E-state index contributed by atoms with van der Waals surface area (Å²) in [5.41, 5.74) is 0. The molecule has 0 spiro atoms. The largest absolute Gasteiger partial charge is 0.345 e.